The molecule has 26 heavy (non-hydrogen) atoms. The van der Waals surface area contributed by atoms with Gasteiger partial charge in [0.1, 0.15) is 5.82 Å². The Morgan fingerprint density at radius 3 is 2.73 bits per heavy atom. The van der Waals surface area contributed by atoms with Crippen LogP contribution >= 0.6 is 11.8 Å². The highest BCUT2D eigenvalue weighted by Gasteiger charge is 2.11. The summed E-state index contributed by atoms with van der Waals surface area (Å²) in [5.74, 6) is 1.22. The highest BCUT2D eigenvalue weighted by atomic mass is 32.2. The lowest BCUT2D eigenvalue weighted by atomic mass is 10.3. The van der Waals surface area contributed by atoms with Crippen LogP contribution in [-0.4, -0.2) is 40.3 Å². The molecule has 1 aromatic carbocycles. The van der Waals surface area contributed by atoms with E-state index >= 15 is 0 Å². The third-order valence-electron chi connectivity index (χ3n) is 4.03. The number of benzene rings is 1. The molecule has 0 aliphatic heterocycles. The van der Waals surface area contributed by atoms with Gasteiger partial charge in [0.05, 0.1) is 16.8 Å². The smallest absolute Gasteiger partial charge is 0.230 e. The van der Waals surface area contributed by atoms with E-state index in [2.05, 4.69) is 32.8 Å². The molecule has 3 aromatic rings. The Hall–Kier alpha value is -2.54. The van der Waals surface area contributed by atoms with E-state index in [1.54, 1.807) is 6.20 Å². The molecule has 136 valence electrons. The van der Waals surface area contributed by atoms with Gasteiger partial charge in [-0.05, 0) is 30.7 Å². The van der Waals surface area contributed by atoms with Crippen LogP contribution in [-0.2, 0) is 17.9 Å². The maximum Gasteiger partial charge on any atom is 0.230 e. The number of fused-ring (bicyclic) bond motifs is 1. The first-order chi connectivity index (χ1) is 12.6. The molecule has 0 saturated heterocycles. The molecule has 6 nitrogen and oxygen atoms in total. The van der Waals surface area contributed by atoms with Gasteiger partial charge in [-0.15, -0.1) is 0 Å². The van der Waals surface area contributed by atoms with Crippen molar-refractivity contribution in [2.24, 2.45) is 0 Å². The summed E-state index contributed by atoms with van der Waals surface area (Å²) >= 11 is 1.46. The average Bonchev–Trinajstić information content (AvgIpc) is 3.02. The van der Waals surface area contributed by atoms with Crippen molar-refractivity contribution in [1.82, 2.24) is 19.9 Å². The first-order valence-corrected chi connectivity index (χ1v) is 9.54. The number of aromatic nitrogens is 3. The van der Waals surface area contributed by atoms with Crippen LogP contribution in [0.5, 0.6) is 0 Å². The highest BCUT2D eigenvalue weighted by Crippen LogP contribution is 2.23. The van der Waals surface area contributed by atoms with Gasteiger partial charge in [0.15, 0.2) is 5.16 Å². The minimum Gasteiger partial charge on any atom is -0.363 e. The molecular formula is C19H23N5OS. The standard InChI is InChI=1S/C19H23N5OS/c1-4-24-16-8-6-5-7-15(16)22-19(24)26-13-18(25)21-12-14-9-10-17(20-11-14)23(2)3/h5-11H,4,12-13H2,1-3H3,(H,21,25). The zero-order valence-corrected chi connectivity index (χ0v) is 16.1. The van der Waals surface area contributed by atoms with Crippen molar-refractivity contribution in [3.8, 4) is 0 Å². The van der Waals surface area contributed by atoms with Crippen LogP contribution in [0, 0.1) is 0 Å². The Labute approximate surface area is 157 Å². The first-order valence-electron chi connectivity index (χ1n) is 8.55. The lowest BCUT2D eigenvalue weighted by molar-refractivity contribution is -0.118. The fourth-order valence-electron chi connectivity index (χ4n) is 2.64. The fourth-order valence-corrected chi connectivity index (χ4v) is 3.55. The molecule has 0 saturated carbocycles. The van der Waals surface area contributed by atoms with E-state index in [9.17, 15) is 4.79 Å². The van der Waals surface area contributed by atoms with Gasteiger partial charge in [0, 0.05) is 33.4 Å². The van der Waals surface area contributed by atoms with Gasteiger partial charge in [-0.25, -0.2) is 9.97 Å². The summed E-state index contributed by atoms with van der Waals surface area (Å²) in [6.45, 7) is 3.39. The molecular weight excluding hydrogens is 346 g/mol. The van der Waals surface area contributed by atoms with E-state index in [0.717, 1.165) is 34.1 Å². The van der Waals surface area contributed by atoms with Crippen LogP contribution in [0.2, 0.25) is 0 Å². The average molecular weight is 369 g/mol. The molecule has 1 N–H and O–H groups in total. The van der Waals surface area contributed by atoms with Crippen molar-refractivity contribution >= 4 is 34.5 Å². The zero-order valence-electron chi connectivity index (χ0n) is 15.3. The van der Waals surface area contributed by atoms with Gasteiger partial charge in [-0.1, -0.05) is 30.0 Å². The van der Waals surface area contributed by atoms with Crippen molar-refractivity contribution in [2.45, 2.75) is 25.2 Å². The fraction of sp³-hybridized carbons (Fsp3) is 0.316. The number of anilines is 1. The predicted octanol–water partition coefficient (Wildman–Crippen LogP) is 2.93. The number of carbonyl (C=O) groups is 1. The van der Waals surface area contributed by atoms with E-state index in [4.69, 9.17) is 0 Å². The Balaban J connectivity index is 1.56. The number of aryl methyl sites for hydroxylation is 1. The number of nitrogens with one attached hydrogen (secondary N) is 1. The van der Waals surface area contributed by atoms with Gasteiger partial charge in [0.25, 0.3) is 0 Å². The van der Waals surface area contributed by atoms with Crippen molar-refractivity contribution in [3.63, 3.8) is 0 Å². The number of nitrogens with zero attached hydrogens (tertiary/aromatic N) is 4. The van der Waals surface area contributed by atoms with Crippen LogP contribution in [0.4, 0.5) is 5.82 Å². The van der Waals surface area contributed by atoms with Crippen molar-refractivity contribution < 1.29 is 4.79 Å². The third-order valence-corrected chi connectivity index (χ3v) is 5.00. The number of amides is 1. The second kappa shape index (κ2) is 8.23. The number of para-hydroxylation sites is 2. The molecule has 2 aromatic heterocycles. The predicted molar refractivity (Wildman–Crippen MR) is 107 cm³/mol. The van der Waals surface area contributed by atoms with Crippen LogP contribution in [0.15, 0.2) is 47.8 Å². The zero-order chi connectivity index (χ0) is 18.5. The van der Waals surface area contributed by atoms with E-state index in [1.807, 2.05) is 49.3 Å². The lowest BCUT2D eigenvalue weighted by Gasteiger charge is -2.11. The van der Waals surface area contributed by atoms with E-state index in [-0.39, 0.29) is 5.91 Å². The topological polar surface area (TPSA) is 63.1 Å². The van der Waals surface area contributed by atoms with Crippen LogP contribution in [0.25, 0.3) is 11.0 Å². The number of rotatable bonds is 7. The number of imidazole rings is 1. The molecule has 2 heterocycles. The van der Waals surface area contributed by atoms with Gasteiger partial charge < -0.3 is 14.8 Å². The van der Waals surface area contributed by atoms with E-state index in [0.29, 0.717) is 12.3 Å². The number of carbonyl (C=O) groups excluding carboxylic acids is 1. The summed E-state index contributed by atoms with van der Waals surface area (Å²) in [5, 5.41) is 3.81. The van der Waals surface area contributed by atoms with Crippen molar-refractivity contribution in [2.75, 3.05) is 24.7 Å². The van der Waals surface area contributed by atoms with Crippen LogP contribution < -0.4 is 10.2 Å². The quantitative estimate of drug-likeness (QED) is 0.649. The molecule has 0 unspecified atom stereocenters. The Morgan fingerprint density at radius 2 is 2.04 bits per heavy atom. The summed E-state index contributed by atoms with van der Waals surface area (Å²) in [6, 6.07) is 12.0. The van der Waals surface area contributed by atoms with Crippen molar-refractivity contribution in [1.29, 1.82) is 0 Å². The summed E-state index contributed by atoms with van der Waals surface area (Å²) in [4.78, 5) is 23.1. The lowest BCUT2D eigenvalue weighted by Crippen LogP contribution is -2.25. The molecule has 7 heteroatoms. The number of hydrogen-bond acceptors (Lipinski definition) is 5. The molecule has 0 radical (unpaired) electrons. The van der Waals surface area contributed by atoms with Crippen LogP contribution in [0.1, 0.15) is 12.5 Å². The van der Waals surface area contributed by atoms with E-state index in [1.165, 1.54) is 11.8 Å². The molecule has 0 bridgehead atoms. The van der Waals surface area contributed by atoms with Crippen LogP contribution in [0.3, 0.4) is 0 Å². The summed E-state index contributed by atoms with van der Waals surface area (Å²) < 4.78 is 2.14. The van der Waals surface area contributed by atoms with E-state index < -0.39 is 0 Å². The SMILES string of the molecule is CCn1c(SCC(=O)NCc2ccc(N(C)C)nc2)nc2ccccc21. The Bertz CT molecular complexity index is 889. The summed E-state index contributed by atoms with van der Waals surface area (Å²) in [5.41, 5.74) is 3.05. The molecule has 0 atom stereocenters. The largest absolute Gasteiger partial charge is 0.363 e. The normalized spacial score (nSPS) is 10.9. The van der Waals surface area contributed by atoms with Crippen molar-refractivity contribution in [3.05, 3.63) is 48.2 Å². The van der Waals surface area contributed by atoms with Gasteiger partial charge in [-0.2, -0.15) is 0 Å². The van der Waals surface area contributed by atoms with Gasteiger partial charge in [-0.3, -0.25) is 4.79 Å². The maximum absolute atomic E-state index is 12.2. The Morgan fingerprint density at radius 1 is 1.23 bits per heavy atom. The minimum atomic E-state index is -0.0126. The number of thioether (sulfide) groups is 1. The molecule has 0 aliphatic rings. The molecule has 1 amide bonds. The second-order valence-corrected chi connectivity index (χ2v) is 7.05. The third kappa shape index (κ3) is 4.16. The number of pyridine rings is 1. The summed E-state index contributed by atoms with van der Waals surface area (Å²) in [7, 11) is 3.90. The first kappa shape index (κ1) is 18.3. The second-order valence-electron chi connectivity index (χ2n) is 6.11. The van der Waals surface area contributed by atoms with Gasteiger partial charge in [0.2, 0.25) is 5.91 Å². The highest BCUT2D eigenvalue weighted by molar-refractivity contribution is 7.99. The molecule has 0 fully saturated rings. The molecule has 3 rings (SSSR count). The monoisotopic (exact) mass is 369 g/mol. The summed E-state index contributed by atoms with van der Waals surface area (Å²) in [6.07, 6.45) is 1.79. The minimum absolute atomic E-state index is 0.0126. The maximum atomic E-state index is 12.2. The van der Waals surface area contributed by atoms with Gasteiger partial charge >= 0.3 is 0 Å². The molecule has 0 spiro atoms. The Kier molecular flexibility index (Phi) is 5.78. The number of hydrogen-bond donors (Lipinski definition) is 1. The molecule has 0 aliphatic carbocycles.